The predicted molar refractivity (Wildman–Crippen MR) is 86.7 cm³/mol. The van der Waals surface area contributed by atoms with Crippen molar-refractivity contribution in [3.8, 4) is 11.5 Å². The zero-order valence-corrected chi connectivity index (χ0v) is 13.9. The van der Waals surface area contributed by atoms with Crippen LogP contribution >= 0.6 is 11.8 Å². The fourth-order valence-electron chi connectivity index (χ4n) is 1.86. The van der Waals surface area contributed by atoms with Crippen molar-refractivity contribution in [3.63, 3.8) is 0 Å². The Morgan fingerprint density at radius 2 is 1.87 bits per heavy atom. The smallest absolute Gasteiger partial charge is 0.318 e. The molecule has 0 saturated heterocycles. The van der Waals surface area contributed by atoms with Gasteiger partial charge in [0.25, 0.3) is 5.22 Å². The van der Waals surface area contributed by atoms with Gasteiger partial charge in [-0.3, -0.25) is 10.1 Å². The molecule has 0 radical (unpaired) electrons. The van der Waals surface area contributed by atoms with Crippen LogP contribution in [0.15, 0.2) is 33.9 Å². The second-order valence-electron chi connectivity index (χ2n) is 5.38. The van der Waals surface area contributed by atoms with Crippen LogP contribution in [0.3, 0.4) is 0 Å². The summed E-state index contributed by atoms with van der Waals surface area (Å²) in [6.07, 6.45) is 0. The summed E-state index contributed by atoms with van der Waals surface area (Å²) < 4.78 is 5.59. The lowest BCUT2D eigenvalue weighted by atomic mass is 10.1. The van der Waals surface area contributed by atoms with Crippen molar-refractivity contribution in [2.45, 2.75) is 31.2 Å². The number of hydrogen-bond acceptors (Lipinski definition) is 6. The minimum Gasteiger partial charge on any atom is -0.411 e. The van der Waals surface area contributed by atoms with Crippen LogP contribution in [0.25, 0.3) is 11.5 Å². The molecule has 0 aliphatic rings. The molecule has 1 unspecified atom stereocenters. The molecule has 8 heteroatoms. The van der Waals surface area contributed by atoms with Gasteiger partial charge in [-0.05, 0) is 25.0 Å². The number of rotatable bonds is 5. The van der Waals surface area contributed by atoms with Gasteiger partial charge in [-0.1, -0.05) is 43.3 Å². The molecule has 0 aliphatic heterocycles. The van der Waals surface area contributed by atoms with Crippen molar-refractivity contribution in [3.05, 3.63) is 29.8 Å². The van der Waals surface area contributed by atoms with Crippen LogP contribution in [0.4, 0.5) is 4.79 Å². The van der Waals surface area contributed by atoms with E-state index in [1.54, 1.807) is 0 Å². The van der Waals surface area contributed by atoms with Crippen molar-refractivity contribution in [2.24, 2.45) is 11.7 Å². The van der Waals surface area contributed by atoms with Crippen LogP contribution in [0, 0.1) is 12.8 Å². The zero-order valence-electron chi connectivity index (χ0n) is 13.1. The fourth-order valence-corrected chi connectivity index (χ4v) is 2.73. The van der Waals surface area contributed by atoms with E-state index in [2.05, 4.69) is 15.5 Å². The Kier molecular flexibility index (Phi) is 5.38. The fraction of sp³-hybridized carbons (Fsp3) is 0.333. The molecule has 7 nitrogen and oxygen atoms in total. The summed E-state index contributed by atoms with van der Waals surface area (Å²) in [6.45, 7) is 5.70. The molecule has 1 heterocycles. The number of carbonyl (C=O) groups is 2. The molecular weight excluding hydrogens is 316 g/mol. The van der Waals surface area contributed by atoms with E-state index in [9.17, 15) is 9.59 Å². The first-order valence-electron chi connectivity index (χ1n) is 7.04. The molecule has 1 aromatic heterocycles. The van der Waals surface area contributed by atoms with Crippen molar-refractivity contribution >= 4 is 23.7 Å². The molecule has 3 N–H and O–H groups in total. The number of nitrogens with one attached hydrogen (secondary N) is 1. The Morgan fingerprint density at radius 1 is 1.22 bits per heavy atom. The number of aryl methyl sites for hydroxylation is 1. The maximum Gasteiger partial charge on any atom is 0.318 e. The number of urea groups is 1. The number of aromatic nitrogens is 2. The lowest BCUT2D eigenvalue weighted by Crippen LogP contribution is -2.42. The van der Waals surface area contributed by atoms with Crippen LogP contribution < -0.4 is 11.1 Å². The van der Waals surface area contributed by atoms with E-state index in [1.165, 1.54) is 0 Å². The van der Waals surface area contributed by atoms with Crippen LogP contribution in [0.1, 0.15) is 19.4 Å². The summed E-state index contributed by atoms with van der Waals surface area (Å²) in [5, 5.41) is 9.72. The molecule has 1 aromatic carbocycles. The minimum atomic E-state index is -0.882. The van der Waals surface area contributed by atoms with Gasteiger partial charge in [0.1, 0.15) is 0 Å². The molecule has 0 fully saturated rings. The molecule has 0 aliphatic carbocycles. The largest absolute Gasteiger partial charge is 0.411 e. The van der Waals surface area contributed by atoms with Gasteiger partial charge >= 0.3 is 6.03 Å². The number of benzene rings is 1. The molecule has 1 atom stereocenters. The summed E-state index contributed by atoms with van der Waals surface area (Å²) in [5.41, 5.74) is 6.92. The van der Waals surface area contributed by atoms with Gasteiger partial charge in [0.2, 0.25) is 11.8 Å². The SMILES string of the molecule is Cc1ccc(-c2nnc(SC(C(=O)NC(N)=O)C(C)C)o2)cc1. The van der Waals surface area contributed by atoms with Crippen molar-refractivity contribution in [1.82, 2.24) is 15.5 Å². The maximum atomic E-state index is 12.0. The van der Waals surface area contributed by atoms with Crippen molar-refractivity contribution < 1.29 is 14.0 Å². The highest BCUT2D eigenvalue weighted by Crippen LogP contribution is 2.29. The van der Waals surface area contributed by atoms with Gasteiger partial charge in [0, 0.05) is 5.56 Å². The summed E-state index contributed by atoms with van der Waals surface area (Å²) in [7, 11) is 0. The number of primary amides is 1. The average molecular weight is 334 g/mol. The van der Waals surface area contributed by atoms with Crippen molar-refractivity contribution in [1.29, 1.82) is 0 Å². The molecule has 0 spiro atoms. The second-order valence-corrected chi connectivity index (χ2v) is 6.47. The standard InChI is InChI=1S/C15H18N4O3S/c1-8(2)11(12(20)17-14(16)21)23-15-19-18-13(22-15)10-6-4-9(3)5-7-10/h4-8,11H,1-3H3,(H3,16,17,20,21). The Bertz CT molecular complexity index is 697. The Hall–Kier alpha value is -2.35. The monoisotopic (exact) mass is 334 g/mol. The molecule has 0 saturated carbocycles. The van der Waals surface area contributed by atoms with E-state index >= 15 is 0 Å². The third-order valence-electron chi connectivity index (χ3n) is 3.04. The predicted octanol–water partition coefficient (Wildman–Crippen LogP) is 2.36. The van der Waals surface area contributed by atoms with E-state index in [0.717, 1.165) is 22.9 Å². The average Bonchev–Trinajstić information content (AvgIpc) is 2.93. The third kappa shape index (κ3) is 4.56. The van der Waals surface area contributed by atoms with E-state index in [0.29, 0.717) is 5.89 Å². The lowest BCUT2D eigenvalue weighted by Gasteiger charge is -2.16. The van der Waals surface area contributed by atoms with Crippen LogP contribution in [0.2, 0.25) is 0 Å². The van der Waals surface area contributed by atoms with E-state index < -0.39 is 17.2 Å². The number of hydrogen-bond donors (Lipinski definition) is 2. The first-order chi connectivity index (χ1) is 10.9. The first-order valence-corrected chi connectivity index (χ1v) is 7.92. The first kappa shape index (κ1) is 17.0. The maximum absolute atomic E-state index is 12.0. The molecule has 122 valence electrons. The van der Waals surface area contributed by atoms with Gasteiger partial charge < -0.3 is 10.2 Å². The highest BCUT2D eigenvalue weighted by Gasteiger charge is 2.27. The number of nitrogens with zero attached hydrogens (tertiary/aromatic N) is 2. The molecule has 0 bridgehead atoms. The Balaban J connectivity index is 2.14. The number of nitrogens with two attached hydrogens (primary N) is 1. The summed E-state index contributed by atoms with van der Waals surface area (Å²) in [6, 6.07) is 6.79. The van der Waals surface area contributed by atoms with Gasteiger partial charge in [-0.25, -0.2) is 4.79 Å². The Morgan fingerprint density at radius 3 is 2.43 bits per heavy atom. The topological polar surface area (TPSA) is 111 Å². The number of amides is 3. The number of thioether (sulfide) groups is 1. The second kappa shape index (κ2) is 7.28. The summed E-state index contributed by atoms with van der Waals surface area (Å²) in [5.74, 6) is -0.146. The summed E-state index contributed by atoms with van der Waals surface area (Å²) >= 11 is 1.11. The molecular formula is C15H18N4O3S. The van der Waals surface area contributed by atoms with Gasteiger partial charge in [-0.15, -0.1) is 10.2 Å². The zero-order chi connectivity index (χ0) is 17.0. The van der Waals surface area contributed by atoms with Crippen LogP contribution in [-0.4, -0.2) is 27.4 Å². The quantitative estimate of drug-likeness (QED) is 0.812. The highest BCUT2D eigenvalue weighted by molar-refractivity contribution is 8.00. The summed E-state index contributed by atoms with van der Waals surface area (Å²) in [4.78, 5) is 22.8. The van der Waals surface area contributed by atoms with Crippen LogP contribution in [0.5, 0.6) is 0 Å². The molecule has 3 amide bonds. The van der Waals surface area contributed by atoms with E-state index in [4.69, 9.17) is 10.2 Å². The van der Waals surface area contributed by atoms with Gasteiger partial charge in [-0.2, -0.15) is 0 Å². The van der Waals surface area contributed by atoms with E-state index in [1.807, 2.05) is 45.0 Å². The van der Waals surface area contributed by atoms with Crippen molar-refractivity contribution in [2.75, 3.05) is 0 Å². The van der Waals surface area contributed by atoms with E-state index in [-0.39, 0.29) is 11.1 Å². The Labute approximate surface area is 138 Å². The molecule has 2 rings (SSSR count). The third-order valence-corrected chi connectivity index (χ3v) is 4.42. The van der Waals surface area contributed by atoms with Gasteiger partial charge in [0.05, 0.1) is 5.25 Å². The van der Waals surface area contributed by atoms with Gasteiger partial charge in [0.15, 0.2) is 0 Å². The number of carbonyl (C=O) groups excluding carboxylic acids is 2. The number of imide groups is 1. The minimum absolute atomic E-state index is 0.0472. The molecule has 23 heavy (non-hydrogen) atoms. The molecule has 2 aromatic rings. The highest BCUT2D eigenvalue weighted by atomic mass is 32.2. The lowest BCUT2D eigenvalue weighted by molar-refractivity contribution is -0.120. The van der Waals surface area contributed by atoms with Crippen LogP contribution in [-0.2, 0) is 4.79 Å². The normalized spacial score (nSPS) is 12.2.